The molecule has 0 fully saturated rings. The lowest BCUT2D eigenvalue weighted by Crippen LogP contribution is -2.23. The predicted octanol–water partition coefficient (Wildman–Crippen LogP) is 3.61. The van der Waals surface area contributed by atoms with Crippen molar-refractivity contribution in [3.63, 3.8) is 0 Å². The molecule has 0 aromatic heterocycles. The quantitative estimate of drug-likeness (QED) is 0.475. The average molecular weight is 377 g/mol. The van der Waals surface area contributed by atoms with Crippen molar-refractivity contribution >= 4 is 10.1 Å². The van der Waals surface area contributed by atoms with Crippen LogP contribution in [-0.2, 0) is 27.0 Å². The van der Waals surface area contributed by atoms with Gasteiger partial charge >= 0.3 is 16.3 Å². The van der Waals surface area contributed by atoms with Gasteiger partial charge in [0.1, 0.15) is 5.82 Å². The predicted molar refractivity (Wildman–Crippen MR) is 82.6 cm³/mol. The molecule has 1 N–H and O–H groups in total. The minimum Gasteiger partial charge on any atom is -0.207 e. The van der Waals surface area contributed by atoms with E-state index in [2.05, 4.69) is 9.76 Å². The molecule has 2 aromatic carbocycles. The number of hydroxylamine groups is 1. The van der Waals surface area contributed by atoms with Crippen LogP contribution in [0.5, 0.6) is 0 Å². The number of aryl methyl sites for hydroxylation is 1. The zero-order valence-corrected chi connectivity index (χ0v) is 13.9. The molecule has 0 aliphatic rings. The van der Waals surface area contributed by atoms with Gasteiger partial charge in [0, 0.05) is 6.54 Å². The normalized spacial score (nSPS) is 12.4. The summed E-state index contributed by atoms with van der Waals surface area (Å²) in [6.45, 7) is 1.68. The smallest absolute Gasteiger partial charge is 0.207 e. The van der Waals surface area contributed by atoms with Gasteiger partial charge < -0.3 is 0 Å². The second-order valence-electron chi connectivity index (χ2n) is 5.34. The molecular weight excluding hydrogens is 362 g/mol. The SMILES string of the molecule is Cc1ccc(S(=O)(=O)ONCCc2cc(F)cc(C(F)(F)F)c2)cc1. The average Bonchev–Trinajstić information content (AvgIpc) is 2.51. The Labute approximate surface area is 142 Å². The number of halogens is 4. The number of hydrogen-bond acceptors (Lipinski definition) is 4. The van der Waals surface area contributed by atoms with Gasteiger partial charge in [0.05, 0.1) is 10.5 Å². The molecule has 136 valence electrons. The van der Waals surface area contributed by atoms with Crippen LogP contribution in [0.25, 0.3) is 0 Å². The standard InChI is InChI=1S/C16H15F4NO3S/c1-11-2-4-15(5-3-11)25(22,23)24-21-7-6-12-8-13(16(18,19)20)10-14(17)9-12/h2-5,8-10,21H,6-7H2,1H3. The lowest BCUT2D eigenvalue weighted by Gasteiger charge is -2.10. The lowest BCUT2D eigenvalue weighted by atomic mass is 10.1. The van der Waals surface area contributed by atoms with Crippen LogP contribution in [0.1, 0.15) is 16.7 Å². The van der Waals surface area contributed by atoms with E-state index in [1.807, 2.05) is 0 Å². The van der Waals surface area contributed by atoms with Gasteiger partial charge in [-0.25, -0.2) is 4.39 Å². The van der Waals surface area contributed by atoms with E-state index in [0.29, 0.717) is 6.07 Å². The molecule has 0 aliphatic heterocycles. The Kier molecular flexibility index (Phi) is 5.81. The minimum absolute atomic E-state index is 0.0513. The highest BCUT2D eigenvalue weighted by Crippen LogP contribution is 2.30. The summed E-state index contributed by atoms with van der Waals surface area (Å²) >= 11 is 0. The molecule has 0 atom stereocenters. The van der Waals surface area contributed by atoms with E-state index in [4.69, 9.17) is 0 Å². The number of alkyl halides is 3. The second-order valence-corrected chi connectivity index (χ2v) is 6.89. The summed E-state index contributed by atoms with van der Waals surface area (Å²) in [5.74, 6) is -1.02. The maximum absolute atomic E-state index is 13.3. The number of rotatable bonds is 6. The highest BCUT2D eigenvalue weighted by molar-refractivity contribution is 7.86. The van der Waals surface area contributed by atoms with E-state index in [-0.39, 0.29) is 23.4 Å². The van der Waals surface area contributed by atoms with Crippen LogP contribution in [0.15, 0.2) is 47.4 Å². The molecular formula is C16H15F4NO3S. The first-order valence-corrected chi connectivity index (χ1v) is 8.58. The lowest BCUT2D eigenvalue weighted by molar-refractivity contribution is -0.137. The van der Waals surface area contributed by atoms with Gasteiger partial charge in [0.2, 0.25) is 0 Å². The van der Waals surface area contributed by atoms with Crippen LogP contribution in [0.2, 0.25) is 0 Å². The van der Waals surface area contributed by atoms with Crippen LogP contribution in [0.3, 0.4) is 0 Å². The first-order chi connectivity index (χ1) is 11.6. The zero-order chi connectivity index (χ0) is 18.7. The van der Waals surface area contributed by atoms with Gasteiger partial charge in [-0.3, -0.25) is 0 Å². The first kappa shape index (κ1) is 19.4. The Morgan fingerprint density at radius 2 is 1.72 bits per heavy atom. The van der Waals surface area contributed by atoms with Gasteiger partial charge in [-0.2, -0.15) is 31.4 Å². The fourth-order valence-corrected chi connectivity index (χ4v) is 2.83. The molecule has 0 spiro atoms. The molecule has 9 heteroatoms. The Morgan fingerprint density at radius 1 is 1.08 bits per heavy atom. The van der Waals surface area contributed by atoms with Crippen molar-refractivity contribution in [1.29, 1.82) is 0 Å². The van der Waals surface area contributed by atoms with E-state index in [1.165, 1.54) is 12.1 Å². The van der Waals surface area contributed by atoms with Crippen molar-refractivity contribution in [3.8, 4) is 0 Å². The van der Waals surface area contributed by atoms with Gasteiger partial charge in [-0.1, -0.05) is 17.7 Å². The fraction of sp³-hybridized carbons (Fsp3) is 0.250. The van der Waals surface area contributed by atoms with Crippen molar-refractivity contribution in [1.82, 2.24) is 5.48 Å². The highest BCUT2D eigenvalue weighted by atomic mass is 32.2. The van der Waals surface area contributed by atoms with Crippen molar-refractivity contribution < 1.29 is 30.3 Å². The molecule has 0 bridgehead atoms. The molecule has 0 saturated carbocycles. The molecule has 2 aromatic rings. The summed E-state index contributed by atoms with van der Waals surface area (Å²) < 4.78 is 79.5. The molecule has 0 saturated heterocycles. The largest absolute Gasteiger partial charge is 0.416 e. The van der Waals surface area contributed by atoms with Gasteiger partial charge in [-0.05, 0) is 49.2 Å². The van der Waals surface area contributed by atoms with Gasteiger partial charge in [0.15, 0.2) is 0 Å². The van der Waals surface area contributed by atoms with Crippen molar-refractivity contribution in [3.05, 3.63) is 65.0 Å². The number of nitrogens with one attached hydrogen (secondary N) is 1. The third-order valence-electron chi connectivity index (χ3n) is 3.28. The third-order valence-corrected chi connectivity index (χ3v) is 4.47. The molecule has 0 radical (unpaired) electrons. The van der Waals surface area contributed by atoms with E-state index < -0.39 is 27.7 Å². The molecule has 0 amide bonds. The number of hydrogen-bond donors (Lipinski definition) is 1. The van der Waals surface area contributed by atoms with Gasteiger partial charge in [0.25, 0.3) is 0 Å². The Morgan fingerprint density at radius 3 is 2.32 bits per heavy atom. The highest BCUT2D eigenvalue weighted by Gasteiger charge is 2.31. The molecule has 0 aliphatic carbocycles. The molecule has 4 nitrogen and oxygen atoms in total. The van der Waals surface area contributed by atoms with Crippen molar-refractivity contribution in [2.75, 3.05) is 6.54 Å². The Bertz CT molecular complexity index is 833. The van der Waals surface area contributed by atoms with E-state index in [9.17, 15) is 26.0 Å². The molecule has 0 heterocycles. The van der Waals surface area contributed by atoms with Crippen molar-refractivity contribution in [2.24, 2.45) is 0 Å². The second kappa shape index (κ2) is 7.51. The monoisotopic (exact) mass is 377 g/mol. The fourth-order valence-electron chi connectivity index (χ4n) is 2.03. The zero-order valence-electron chi connectivity index (χ0n) is 13.1. The molecule has 25 heavy (non-hydrogen) atoms. The first-order valence-electron chi connectivity index (χ1n) is 7.17. The summed E-state index contributed by atoms with van der Waals surface area (Å²) in [7, 11) is -4.04. The summed E-state index contributed by atoms with van der Waals surface area (Å²) in [5.41, 5.74) is 2.01. The summed E-state index contributed by atoms with van der Waals surface area (Å²) in [6.07, 6.45) is -4.71. The van der Waals surface area contributed by atoms with E-state index in [0.717, 1.165) is 17.7 Å². The summed E-state index contributed by atoms with van der Waals surface area (Å²) in [5, 5.41) is 0. The minimum atomic E-state index is -4.66. The Balaban J connectivity index is 1.95. The third kappa shape index (κ3) is 5.52. The maximum Gasteiger partial charge on any atom is 0.416 e. The summed E-state index contributed by atoms with van der Waals surface area (Å²) in [6, 6.07) is 8.09. The van der Waals surface area contributed by atoms with Crippen LogP contribution in [0, 0.1) is 12.7 Å². The topological polar surface area (TPSA) is 55.4 Å². The number of benzene rings is 2. The van der Waals surface area contributed by atoms with Crippen LogP contribution < -0.4 is 5.48 Å². The molecule has 0 unspecified atom stereocenters. The Hall–Kier alpha value is -1.97. The van der Waals surface area contributed by atoms with Crippen molar-refractivity contribution in [2.45, 2.75) is 24.4 Å². The van der Waals surface area contributed by atoms with E-state index in [1.54, 1.807) is 19.1 Å². The maximum atomic E-state index is 13.3. The van der Waals surface area contributed by atoms with Gasteiger partial charge in [-0.15, -0.1) is 0 Å². The van der Waals surface area contributed by atoms with Crippen LogP contribution in [-0.4, -0.2) is 15.0 Å². The van der Waals surface area contributed by atoms with Crippen LogP contribution in [0.4, 0.5) is 17.6 Å². The van der Waals surface area contributed by atoms with E-state index >= 15 is 0 Å². The van der Waals surface area contributed by atoms with Crippen LogP contribution >= 0.6 is 0 Å². The summed E-state index contributed by atoms with van der Waals surface area (Å²) in [4.78, 5) is -0.0595. The molecule has 2 rings (SSSR count).